The fraction of sp³-hybridized carbons (Fsp3) is 0.640. The molecule has 1 amide bonds. The second kappa shape index (κ2) is 5.46. The lowest BCUT2D eigenvalue weighted by Gasteiger charge is -2.58. The Balaban J connectivity index is 1.44. The third-order valence-corrected chi connectivity index (χ3v) is 10.1. The van der Waals surface area contributed by atoms with Gasteiger partial charge in [-0.25, -0.2) is 0 Å². The molecule has 1 aromatic rings. The van der Waals surface area contributed by atoms with Gasteiger partial charge in [0, 0.05) is 41.9 Å². The summed E-state index contributed by atoms with van der Waals surface area (Å²) < 4.78 is 17.8. The van der Waals surface area contributed by atoms with E-state index >= 15 is 0 Å². The van der Waals surface area contributed by atoms with Crippen LogP contribution in [-0.4, -0.2) is 62.4 Å². The number of nitrogens with zero attached hydrogens (tertiary/aromatic N) is 2. The molecule has 162 valence electrons. The van der Waals surface area contributed by atoms with Crippen LogP contribution < -0.4 is 14.4 Å². The summed E-state index contributed by atoms with van der Waals surface area (Å²) >= 11 is 0. The Bertz CT molecular complexity index is 1070. The molecule has 5 fully saturated rings. The molecule has 0 radical (unpaired) electrons. The summed E-state index contributed by atoms with van der Waals surface area (Å²) in [6.07, 6.45) is 6.51. The number of ether oxygens (including phenoxy) is 3. The Morgan fingerprint density at radius 1 is 1.19 bits per heavy atom. The maximum Gasteiger partial charge on any atom is 0.229 e. The van der Waals surface area contributed by atoms with E-state index < -0.39 is 0 Å². The Kier molecular flexibility index (Phi) is 3.08. The molecule has 7 aliphatic rings. The zero-order valence-corrected chi connectivity index (χ0v) is 18.0. The first-order valence-electron chi connectivity index (χ1n) is 11.8. The minimum Gasteiger partial charge on any atom is -0.493 e. The molecule has 2 aliphatic carbocycles. The number of hydrogen-bond donors (Lipinski definition) is 0. The summed E-state index contributed by atoms with van der Waals surface area (Å²) in [7, 11) is 3.39. The van der Waals surface area contributed by atoms with E-state index in [2.05, 4.69) is 28.0 Å². The molecule has 8 rings (SSSR count). The van der Waals surface area contributed by atoms with Crippen molar-refractivity contribution in [3.05, 3.63) is 29.3 Å². The van der Waals surface area contributed by atoms with Crippen molar-refractivity contribution in [1.29, 1.82) is 0 Å². The quantitative estimate of drug-likeness (QED) is 0.688. The third-order valence-electron chi connectivity index (χ3n) is 10.1. The number of carbonyl (C=O) groups excluding carboxylic acids is 1. The number of benzene rings is 1. The largest absolute Gasteiger partial charge is 0.493 e. The lowest BCUT2D eigenvalue weighted by molar-refractivity contribution is -0.133. The predicted molar refractivity (Wildman–Crippen MR) is 114 cm³/mol. The van der Waals surface area contributed by atoms with Crippen LogP contribution in [0.2, 0.25) is 0 Å². The topological polar surface area (TPSA) is 51.2 Å². The number of methoxy groups -OCH3 is 2. The van der Waals surface area contributed by atoms with Crippen molar-refractivity contribution in [3.8, 4) is 11.5 Å². The van der Waals surface area contributed by atoms with Crippen molar-refractivity contribution in [2.24, 2.45) is 17.8 Å². The van der Waals surface area contributed by atoms with Crippen LogP contribution in [0.1, 0.15) is 31.2 Å². The van der Waals surface area contributed by atoms with Crippen molar-refractivity contribution in [3.63, 3.8) is 0 Å². The van der Waals surface area contributed by atoms with Gasteiger partial charge in [-0.3, -0.25) is 9.69 Å². The first kappa shape index (κ1) is 17.5. The molecule has 5 heterocycles. The summed E-state index contributed by atoms with van der Waals surface area (Å²) in [4.78, 5) is 18.7. The molecular formula is C25H28N2O4. The summed E-state index contributed by atoms with van der Waals surface area (Å²) in [5, 5.41) is 0. The highest BCUT2D eigenvalue weighted by Gasteiger charge is 2.75. The van der Waals surface area contributed by atoms with E-state index in [-0.39, 0.29) is 23.5 Å². The normalized spacial score (nSPS) is 45.4. The molecule has 8 atom stereocenters. The summed E-state index contributed by atoms with van der Waals surface area (Å²) in [5.74, 6) is 3.21. The van der Waals surface area contributed by atoms with Crippen molar-refractivity contribution in [1.82, 2.24) is 4.90 Å². The molecule has 6 heteroatoms. The second-order valence-corrected chi connectivity index (χ2v) is 10.6. The number of fused-ring (bicyclic) bond motifs is 4. The fourth-order valence-corrected chi connectivity index (χ4v) is 9.31. The van der Waals surface area contributed by atoms with Crippen LogP contribution in [-0.2, 0) is 14.9 Å². The number of hydrogen-bond acceptors (Lipinski definition) is 5. The van der Waals surface area contributed by atoms with Crippen LogP contribution in [0.4, 0.5) is 5.69 Å². The second-order valence-electron chi connectivity index (χ2n) is 10.6. The number of rotatable bonds is 2. The molecule has 2 bridgehead atoms. The average Bonchev–Trinajstić information content (AvgIpc) is 3.36. The Morgan fingerprint density at radius 3 is 2.87 bits per heavy atom. The van der Waals surface area contributed by atoms with Gasteiger partial charge in [-0.05, 0) is 36.8 Å². The van der Waals surface area contributed by atoms with Gasteiger partial charge in [0.15, 0.2) is 11.5 Å². The van der Waals surface area contributed by atoms with E-state index in [1.54, 1.807) is 19.8 Å². The van der Waals surface area contributed by atoms with Gasteiger partial charge in [0.2, 0.25) is 5.91 Å². The van der Waals surface area contributed by atoms with Crippen LogP contribution in [0.15, 0.2) is 23.8 Å². The van der Waals surface area contributed by atoms with Gasteiger partial charge in [-0.2, -0.15) is 0 Å². The van der Waals surface area contributed by atoms with Gasteiger partial charge < -0.3 is 19.1 Å². The number of amides is 1. The number of anilines is 1. The molecule has 3 saturated heterocycles. The van der Waals surface area contributed by atoms with Crippen molar-refractivity contribution < 1.29 is 19.0 Å². The summed E-state index contributed by atoms with van der Waals surface area (Å²) in [6.45, 7) is 1.77. The van der Waals surface area contributed by atoms with E-state index in [0.717, 1.165) is 24.4 Å². The van der Waals surface area contributed by atoms with Crippen LogP contribution >= 0.6 is 0 Å². The Labute approximate surface area is 182 Å². The fourth-order valence-electron chi connectivity index (χ4n) is 9.31. The van der Waals surface area contributed by atoms with E-state index in [4.69, 9.17) is 14.2 Å². The standard InChI is InChI=1S/C25H28N2O4/c1-29-17-8-14-16(9-18(17)30-2)27-20(28)10-19-22-21-12(4-6-31-19)11-26-13-3-5-25(14,24(22)27)15(7-13)23(21)26/h4,8-9,13,15,19,21-24H,3,5-7,10-11H2,1-2H3/t13-,15-,19+,21+,22-,23+,24-,25+/m0/s1. The highest BCUT2D eigenvalue weighted by molar-refractivity contribution is 5.99. The monoisotopic (exact) mass is 420 g/mol. The van der Waals surface area contributed by atoms with E-state index in [1.165, 1.54) is 18.4 Å². The van der Waals surface area contributed by atoms with Crippen molar-refractivity contribution in [2.45, 2.75) is 55.3 Å². The van der Waals surface area contributed by atoms with Gasteiger partial charge in [0.25, 0.3) is 0 Å². The smallest absolute Gasteiger partial charge is 0.229 e. The van der Waals surface area contributed by atoms with Gasteiger partial charge >= 0.3 is 0 Å². The van der Waals surface area contributed by atoms with E-state index in [9.17, 15) is 4.79 Å². The maximum atomic E-state index is 13.6. The maximum absolute atomic E-state index is 13.6. The first-order chi connectivity index (χ1) is 15.2. The van der Waals surface area contributed by atoms with Crippen LogP contribution in [0.5, 0.6) is 11.5 Å². The van der Waals surface area contributed by atoms with Gasteiger partial charge in [0.05, 0.1) is 45.1 Å². The van der Waals surface area contributed by atoms with Crippen molar-refractivity contribution >= 4 is 11.6 Å². The first-order valence-corrected chi connectivity index (χ1v) is 11.8. The minimum atomic E-state index is 0.00342. The van der Waals surface area contributed by atoms with Crippen LogP contribution in [0, 0.1) is 17.8 Å². The van der Waals surface area contributed by atoms with Gasteiger partial charge in [0.1, 0.15) is 0 Å². The lowest BCUT2D eigenvalue weighted by Crippen LogP contribution is -2.68. The molecule has 2 saturated carbocycles. The highest BCUT2D eigenvalue weighted by atomic mass is 16.5. The van der Waals surface area contributed by atoms with Crippen molar-refractivity contribution in [2.75, 3.05) is 32.3 Å². The highest BCUT2D eigenvalue weighted by Crippen LogP contribution is 2.71. The summed E-state index contributed by atoms with van der Waals surface area (Å²) in [5.41, 5.74) is 3.99. The zero-order chi connectivity index (χ0) is 20.6. The summed E-state index contributed by atoms with van der Waals surface area (Å²) in [6, 6.07) is 5.76. The average molecular weight is 421 g/mol. The molecule has 0 unspecified atom stereocenters. The Morgan fingerprint density at radius 2 is 2.03 bits per heavy atom. The molecule has 5 aliphatic heterocycles. The number of carbonyl (C=O) groups is 1. The predicted octanol–water partition coefficient (Wildman–Crippen LogP) is 2.50. The van der Waals surface area contributed by atoms with E-state index in [0.29, 0.717) is 48.6 Å². The Hall–Kier alpha value is -2.05. The third kappa shape index (κ3) is 1.74. The molecule has 31 heavy (non-hydrogen) atoms. The van der Waals surface area contributed by atoms with E-state index in [1.807, 2.05) is 0 Å². The molecular weight excluding hydrogens is 392 g/mol. The lowest BCUT2D eigenvalue weighted by atomic mass is 9.48. The molecule has 1 aromatic carbocycles. The zero-order valence-electron chi connectivity index (χ0n) is 18.0. The molecule has 6 nitrogen and oxygen atoms in total. The van der Waals surface area contributed by atoms with Gasteiger partial charge in [-0.15, -0.1) is 0 Å². The molecule has 0 N–H and O–H groups in total. The molecule has 0 aromatic heterocycles. The molecule has 1 spiro atoms. The minimum absolute atomic E-state index is 0.00342. The van der Waals surface area contributed by atoms with Crippen LogP contribution in [0.3, 0.4) is 0 Å². The SMILES string of the molecule is COc1cc2c(cc1OC)[C@]13CC[C@H]4C[C@H]1[C@@H]1[C@@H]5C(=CCO[C@@H]6CC(=O)N2[C@H]3[C@H]56)CN41. The van der Waals surface area contributed by atoms with Gasteiger partial charge in [-0.1, -0.05) is 11.6 Å². The number of piperidine rings is 1. The van der Waals surface area contributed by atoms with Crippen LogP contribution in [0.25, 0.3) is 0 Å².